The van der Waals surface area contributed by atoms with Crippen LogP contribution in [0.2, 0.25) is 0 Å². The molecule has 1 heterocycles. The lowest BCUT2D eigenvalue weighted by molar-refractivity contribution is 0.0660. The van der Waals surface area contributed by atoms with Crippen molar-refractivity contribution in [1.82, 2.24) is 15.0 Å². The van der Waals surface area contributed by atoms with Crippen LogP contribution in [0.5, 0.6) is 0 Å². The van der Waals surface area contributed by atoms with Crippen LogP contribution in [0, 0.1) is 5.92 Å². The van der Waals surface area contributed by atoms with E-state index in [1.165, 1.54) is 19.3 Å². The smallest absolute Gasteiger partial charge is 0.113 e. The average Bonchev–Trinajstić information content (AvgIpc) is 2.97. The SMILES string of the molecule is OC(Cn1cc(-c2ccccc2)nn1)C1CCCCC1. The molecule has 1 unspecified atom stereocenters. The molecule has 0 spiro atoms. The van der Waals surface area contributed by atoms with E-state index in [0.29, 0.717) is 12.5 Å². The topological polar surface area (TPSA) is 50.9 Å². The highest BCUT2D eigenvalue weighted by molar-refractivity contribution is 5.57. The largest absolute Gasteiger partial charge is 0.391 e. The monoisotopic (exact) mass is 271 g/mol. The van der Waals surface area contributed by atoms with E-state index in [0.717, 1.165) is 24.1 Å². The standard InChI is InChI=1S/C16H21N3O/c20-16(14-9-5-2-6-10-14)12-19-11-15(17-18-19)13-7-3-1-4-8-13/h1,3-4,7-8,11,14,16,20H,2,5-6,9-10,12H2. The molecule has 4 nitrogen and oxygen atoms in total. The van der Waals surface area contributed by atoms with Gasteiger partial charge in [0.1, 0.15) is 5.69 Å². The van der Waals surface area contributed by atoms with Gasteiger partial charge >= 0.3 is 0 Å². The number of hydrogen-bond donors (Lipinski definition) is 1. The molecule has 1 aromatic heterocycles. The fourth-order valence-electron chi connectivity index (χ4n) is 2.99. The van der Waals surface area contributed by atoms with Crippen molar-refractivity contribution in [3.05, 3.63) is 36.5 Å². The van der Waals surface area contributed by atoms with Crippen molar-refractivity contribution in [2.75, 3.05) is 0 Å². The first-order chi connectivity index (χ1) is 9.83. The van der Waals surface area contributed by atoms with Crippen LogP contribution in [0.15, 0.2) is 36.5 Å². The summed E-state index contributed by atoms with van der Waals surface area (Å²) in [4.78, 5) is 0. The number of aliphatic hydroxyl groups excluding tert-OH is 1. The van der Waals surface area contributed by atoms with Crippen LogP contribution in [0.3, 0.4) is 0 Å². The molecule has 0 radical (unpaired) electrons. The van der Waals surface area contributed by atoms with Gasteiger partial charge in [-0.15, -0.1) is 5.10 Å². The van der Waals surface area contributed by atoms with Gasteiger partial charge in [-0.3, -0.25) is 0 Å². The highest BCUT2D eigenvalue weighted by atomic mass is 16.3. The fourth-order valence-corrected chi connectivity index (χ4v) is 2.99. The zero-order chi connectivity index (χ0) is 13.8. The van der Waals surface area contributed by atoms with E-state index in [1.54, 1.807) is 4.68 Å². The van der Waals surface area contributed by atoms with E-state index in [-0.39, 0.29) is 6.10 Å². The van der Waals surface area contributed by atoms with Gasteiger partial charge in [0.25, 0.3) is 0 Å². The van der Waals surface area contributed by atoms with E-state index in [1.807, 2.05) is 36.5 Å². The highest BCUT2D eigenvalue weighted by Crippen LogP contribution is 2.27. The zero-order valence-corrected chi connectivity index (χ0v) is 11.7. The second-order valence-electron chi connectivity index (χ2n) is 5.66. The van der Waals surface area contributed by atoms with Gasteiger partial charge in [-0.05, 0) is 18.8 Å². The van der Waals surface area contributed by atoms with Crippen molar-refractivity contribution in [2.45, 2.75) is 44.8 Å². The van der Waals surface area contributed by atoms with E-state index in [9.17, 15) is 5.11 Å². The first-order valence-electron chi connectivity index (χ1n) is 7.46. The molecule has 1 atom stereocenters. The Morgan fingerprint density at radius 1 is 1.15 bits per heavy atom. The molecule has 1 aliphatic rings. The lowest BCUT2D eigenvalue weighted by Crippen LogP contribution is -2.27. The minimum absolute atomic E-state index is 0.305. The summed E-state index contributed by atoms with van der Waals surface area (Å²) in [6, 6.07) is 10.0. The molecular weight excluding hydrogens is 250 g/mol. The Balaban J connectivity index is 1.65. The number of aromatic nitrogens is 3. The van der Waals surface area contributed by atoms with Gasteiger partial charge in [-0.1, -0.05) is 54.8 Å². The highest BCUT2D eigenvalue weighted by Gasteiger charge is 2.22. The molecule has 1 saturated carbocycles. The predicted octanol–water partition coefficient (Wildman–Crippen LogP) is 2.89. The predicted molar refractivity (Wildman–Crippen MR) is 78.0 cm³/mol. The van der Waals surface area contributed by atoms with Gasteiger partial charge in [0.05, 0.1) is 18.8 Å². The molecular formula is C16H21N3O. The molecule has 2 aromatic rings. The van der Waals surface area contributed by atoms with E-state index < -0.39 is 0 Å². The van der Waals surface area contributed by atoms with Gasteiger partial charge in [-0.2, -0.15) is 0 Å². The summed E-state index contributed by atoms with van der Waals surface area (Å²) in [6.07, 6.45) is 7.69. The Morgan fingerprint density at radius 3 is 2.65 bits per heavy atom. The maximum absolute atomic E-state index is 10.3. The summed E-state index contributed by atoms with van der Waals surface area (Å²) in [5.41, 5.74) is 1.92. The molecule has 1 aliphatic carbocycles. The molecule has 3 rings (SSSR count). The molecule has 4 heteroatoms. The maximum Gasteiger partial charge on any atom is 0.113 e. The second-order valence-corrected chi connectivity index (χ2v) is 5.66. The van der Waals surface area contributed by atoms with Crippen molar-refractivity contribution < 1.29 is 5.11 Å². The lowest BCUT2D eigenvalue weighted by atomic mass is 9.85. The van der Waals surface area contributed by atoms with Gasteiger partial charge in [0.15, 0.2) is 0 Å². The van der Waals surface area contributed by atoms with Crippen molar-refractivity contribution in [1.29, 1.82) is 0 Å². The summed E-state index contributed by atoms with van der Waals surface area (Å²) in [6.45, 7) is 0.546. The number of benzene rings is 1. The molecule has 1 N–H and O–H groups in total. The molecule has 20 heavy (non-hydrogen) atoms. The Kier molecular flexibility index (Phi) is 4.11. The van der Waals surface area contributed by atoms with Gasteiger partial charge in [0, 0.05) is 5.56 Å². The van der Waals surface area contributed by atoms with Crippen molar-refractivity contribution in [2.24, 2.45) is 5.92 Å². The summed E-state index contributed by atoms with van der Waals surface area (Å²) < 4.78 is 1.77. The Bertz CT molecular complexity index is 532. The zero-order valence-electron chi connectivity index (χ0n) is 11.7. The quantitative estimate of drug-likeness (QED) is 0.930. The van der Waals surface area contributed by atoms with Crippen molar-refractivity contribution in [3.63, 3.8) is 0 Å². The third-order valence-electron chi connectivity index (χ3n) is 4.18. The van der Waals surface area contributed by atoms with Crippen LogP contribution in [0.1, 0.15) is 32.1 Å². The summed E-state index contributed by atoms with van der Waals surface area (Å²) in [5, 5.41) is 18.6. The molecule has 0 saturated heterocycles. The molecule has 0 amide bonds. The third kappa shape index (κ3) is 3.07. The lowest BCUT2D eigenvalue weighted by Gasteiger charge is -2.26. The first-order valence-corrected chi connectivity index (χ1v) is 7.46. The number of nitrogens with zero attached hydrogens (tertiary/aromatic N) is 3. The van der Waals surface area contributed by atoms with Gasteiger partial charge in [-0.25, -0.2) is 4.68 Å². The maximum atomic E-state index is 10.3. The second kappa shape index (κ2) is 6.18. The number of rotatable bonds is 4. The minimum Gasteiger partial charge on any atom is -0.391 e. The molecule has 0 aliphatic heterocycles. The molecule has 1 aromatic carbocycles. The number of hydrogen-bond acceptors (Lipinski definition) is 3. The Morgan fingerprint density at radius 2 is 1.90 bits per heavy atom. The van der Waals surface area contributed by atoms with Crippen LogP contribution in [0.25, 0.3) is 11.3 Å². The molecule has 0 bridgehead atoms. The molecule has 1 fully saturated rings. The van der Waals surface area contributed by atoms with Crippen LogP contribution in [-0.4, -0.2) is 26.2 Å². The summed E-state index contributed by atoms with van der Waals surface area (Å²) >= 11 is 0. The first kappa shape index (κ1) is 13.3. The third-order valence-corrected chi connectivity index (χ3v) is 4.18. The van der Waals surface area contributed by atoms with Crippen LogP contribution in [-0.2, 0) is 6.54 Å². The number of aliphatic hydroxyl groups is 1. The summed E-state index contributed by atoms with van der Waals surface area (Å²) in [7, 11) is 0. The van der Waals surface area contributed by atoms with E-state index >= 15 is 0 Å². The molecule has 106 valence electrons. The Hall–Kier alpha value is -1.68. The minimum atomic E-state index is -0.305. The van der Waals surface area contributed by atoms with Crippen LogP contribution < -0.4 is 0 Å². The summed E-state index contributed by atoms with van der Waals surface area (Å²) in [5.74, 6) is 0.424. The van der Waals surface area contributed by atoms with Crippen molar-refractivity contribution in [3.8, 4) is 11.3 Å². The van der Waals surface area contributed by atoms with Gasteiger partial charge in [0.2, 0.25) is 0 Å². The van der Waals surface area contributed by atoms with Gasteiger partial charge < -0.3 is 5.11 Å². The average molecular weight is 271 g/mol. The van der Waals surface area contributed by atoms with Crippen molar-refractivity contribution >= 4 is 0 Å². The van der Waals surface area contributed by atoms with E-state index in [2.05, 4.69) is 10.3 Å². The van der Waals surface area contributed by atoms with E-state index in [4.69, 9.17) is 0 Å². The normalized spacial score (nSPS) is 18.1. The van der Waals surface area contributed by atoms with Crippen LogP contribution >= 0.6 is 0 Å². The fraction of sp³-hybridized carbons (Fsp3) is 0.500. The Labute approximate surface area is 119 Å². The van der Waals surface area contributed by atoms with Crippen LogP contribution in [0.4, 0.5) is 0 Å².